The number of hydrogen-bond donors (Lipinski definition) is 4. The average Bonchev–Trinajstić information content (AvgIpc) is 3.65. The maximum Gasteiger partial charge on any atom is 0.407 e. The van der Waals surface area contributed by atoms with Crippen LogP contribution in [0.4, 0.5) is 10.5 Å². The molecule has 362 valence electrons. The largest absolute Gasteiger partial charge is 0.461 e. The van der Waals surface area contributed by atoms with Gasteiger partial charge in [0.1, 0.15) is 24.9 Å². The van der Waals surface area contributed by atoms with E-state index < -0.39 is 59.0 Å². The predicted octanol–water partition coefficient (Wildman–Crippen LogP) is 9.95. The summed E-state index contributed by atoms with van der Waals surface area (Å²) in [4.78, 5) is 68.4. The van der Waals surface area contributed by atoms with E-state index in [2.05, 4.69) is 30.0 Å². The van der Waals surface area contributed by atoms with E-state index in [4.69, 9.17) is 14.2 Å². The van der Waals surface area contributed by atoms with E-state index in [9.17, 15) is 29.1 Å². The van der Waals surface area contributed by atoms with Gasteiger partial charge in [-0.1, -0.05) is 167 Å². The Morgan fingerprint density at radius 2 is 1.30 bits per heavy atom. The van der Waals surface area contributed by atoms with Gasteiger partial charge in [-0.05, 0) is 84.5 Å². The molecule has 1 aliphatic carbocycles. The number of amides is 3. The topological polar surface area (TPSA) is 161 Å². The third kappa shape index (κ3) is 12.9. The first-order valence-corrected chi connectivity index (χ1v) is 23.7. The number of hydrogen-bond acceptors (Lipinski definition) is 10. The monoisotopic (exact) mass is 953 g/mol. The van der Waals surface area contributed by atoms with Gasteiger partial charge in [0.25, 0.3) is 0 Å². The zero-order valence-corrected chi connectivity index (χ0v) is 40.8. The fourth-order valence-electron chi connectivity index (χ4n) is 9.20. The molecular weight excluding hydrogens is 891 g/mol. The Bertz CT molecular complexity index is 2490. The summed E-state index contributed by atoms with van der Waals surface area (Å²) in [7, 11) is 0. The highest BCUT2D eigenvalue weighted by Gasteiger charge is 2.41. The molecule has 3 amide bonds. The highest BCUT2D eigenvalue weighted by atomic mass is 32.1. The second-order valence-corrected chi connectivity index (χ2v) is 19.0. The SMILES string of the molecule is C=CCOC(=O)C[C@H](O)[C@@H](C(C)C)N(S)C(=O)CCC(c1ccccc1)(c1ccccc1)c1ccccc1NC(=O)C(CCC(=O)OC(C)(C)C)NC(=O)OCC1c2ccccc2-c2ccccc21. The van der Waals surface area contributed by atoms with Crippen molar-refractivity contribution in [1.29, 1.82) is 0 Å². The van der Waals surface area contributed by atoms with Crippen LogP contribution in [0, 0.1) is 5.92 Å². The van der Waals surface area contributed by atoms with E-state index in [0.29, 0.717) is 11.3 Å². The number of para-hydroxylation sites is 1. The van der Waals surface area contributed by atoms with Crippen LogP contribution in [0.15, 0.2) is 146 Å². The van der Waals surface area contributed by atoms with Gasteiger partial charge in [-0.15, -0.1) is 0 Å². The van der Waals surface area contributed by atoms with Crippen LogP contribution < -0.4 is 10.6 Å². The van der Waals surface area contributed by atoms with Gasteiger partial charge < -0.3 is 30.0 Å². The summed E-state index contributed by atoms with van der Waals surface area (Å²) in [6.45, 7) is 12.5. The van der Waals surface area contributed by atoms with Crippen molar-refractivity contribution in [3.8, 4) is 11.1 Å². The number of carbonyl (C=O) groups is 5. The molecule has 1 unspecified atom stereocenters. The molecule has 6 rings (SSSR count). The summed E-state index contributed by atoms with van der Waals surface area (Å²) >= 11 is 4.64. The average molecular weight is 954 g/mol. The van der Waals surface area contributed by atoms with Gasteiger partial charge in [0.15, 0.2) is 0 Å². The smallest absolute Gasteiger partial charge is 0.407 e. The number of nitrogens with zero attached hydrogens (tertiary/aromatic N) is 1. The lowest BCUT2D eigenvalue weighted by atomic mass is 9.66. The number of aliphatic hydroxyl groups is 1. The first kappa shape index (κ1) is 51.7. The van der Waals surface area contributed by atoms with E-state index >= 15 is 0 Å². The summed E-state index contributed by atoms with van der Waals surface area (Å²) in [6.07, 6.45) is -1.19. The fourth-order valence-corrected chi connectivity index (χ4v) is 9.72. The van der Waals surface area contributed by atoms with Crippen LogP contribution in [-0.4, -0.2) is 76.3 Å². The second-order valence-electron chi connectivity index (χ2n) is 18.5. The summed E-state index contributed by atoms with van der Waals surface area (Å²) in [6, 6.07) is 40.5. The van der Waals surface area contributed by atoms with Gasteiger partial charge in [-0.3, -0.25) is 23.5 Å². The van der Waals surface area contributed by atoms with Crippen LogP contribution in [0.3, 0.4) is 0 Å². The number of rotatable bonds is 21. The molecule has 0 saturated carbocycles. The van der Waals surface area contributed by atoms with Crippen molar-refractivity contribution in [1.82, 2.24) is 9.62 Å². The lowest BCUT2D eigenvalue weighted by molar-refractivity contribution is -0.155. The van der Waals surface area contributed by atoms with E-state index in [0.717, 1.165) is 33.4 Å². The first-order valence-electron chi connectivity index (χ1n) is 23.3. The Morgan fingerprint density at radius 3 is 1.87 bits per heavy atom. The van der Waals surface area contributed by atoms with Crippen LogP contribution in [0.25, 0.3) is 11.1 Å². The molecule has 5 aromatic rings. The van der Waals surface area contributed by atoms with Crippen molar-refractivity contribution < 1.29 is 43.3 Å². The van der Waals surface area contributed by atoms with Crippen molar-refractivity contribution in [2.45, 2.75) is 102 Å². The fraction of sp³-hybridized carbons (Fsp3) is 0.339. The molecule has 0 heterocycles. The normalized spacial score (nSPS) is 13.5. The number of fused-ring (bicyclic) bond motifs is 3. The highest BCUT2D eigenvalue weighted by Crippen LogP contribution is 2.47. The molecule has 69 heavy (non-hydrogen) atoms. The van der Waals surface area contributed by atoms with Gasteiger partial charge in [0.2, 0.25) is 11.8 Å². The minimum Gasteiger partial charge on any atom is -0.461 e. The number of carbonyl (C=O) groups excluding carboxylic acids is 5. The Kier molecular flexibility index (Phi) is 17.6. The van der Waals surface area contributed by atoms with Crippen molar-refractivity contribution in [2.24, 2.45) is 5.92 Å². The zero-order valence-electron chi connectivity index (χ0n) is 39.9. The number of esters is 2. The molecule has 0 aromatic heterocycles. The molecule has 5 aromatic carbocycles. The molecule has 0 bridgehead atoms. The summed E-state index contributed by atoms with van der Waals surface area (Å²) < 4.78 is 17.8. The van der Waals surface area contributed by atoms with Crippen LogP contribution >= 0.6 is 12.8 Å². The van der Waals surface area contributed by atoms with E-state index in [1.165, 1.54) is 10.4 Å². The van der Waals surface area contributed by atoms with E-state index in [1.807, 2.05) is 135 Å². The Balaban J connectivity index is 1.31. The van der Waals surface area contributed by atoms with Crippen molar-refractivity contribution in [3.63, 3.8) is 0 Å². The molecule has 0 fully saturated rings. The van der Waals surface area contributed by atoms with Crippen LogP contribution in [0.1, 0.15) is 100 Å². The third-order valence-electron chi connectivity index (χ3n) is 12.3. The Morgan fingerprint density at radius 1 is 0.754 bits per heavy atom. The molecule has 0 radical (unpaired) electrons. The Labute approximate surface area is 411 Å². The molecule has 12 nitrogen and oxygen atoms in total. The van der Waals surface area contributed by atoms with E-state index in [1.54, 1.807) is 32.9 Å². The van der Waals surface area contributed by atoms with E-state index in [-0.39, 0.29) is 57.2 Å². The first-order chi connectivity index (χ1) is 33.0. The minimum atomic E-state index is -1.27. The number of thiol groups is 1. The van der Waals surface area contributed by atoms with Gasteiger partial charge in [-0.25, -0.2) is 4.79 Å². The molecule has 0 spiro atoms. The molecular formula is C56H63N3O9S. The quantitative estimate of drug-likeness (QED) is 0.0185. The maximum atomic E-state index is 14.7. The van der Waals surface area contributed by atoms with Gasteiger partial charge >= 0.3 is 18.0 Å². The van der Waals surface area contributed by atoms with Crippen LogP contribution in [-0.2, 0) is 38.8 Å². The standard InChI is InChI=1S/C56H63N3O9S/c1-7-34-66-51(63)35-48(60)52(37(2)3)59(69)49(61)32-33-56(38-20-10-8-11-21-38,39-22-12-9-13-23-39)45-28-18-19-29-46(45)57-53(64)47(30-31-50(62)68-55(4,5)6)58-54(65)67-36-44-42-26-16-14-24-40(42)41-25-15-17-27-43(41)44/h7-29,37,44,47-48,52,60,69H,1,30-36H2,2-6H3,(H,57,64)(H,58,65)/t47?,48-,52+/m0/s1. The van der Waals surface area contributed by atoms with Crippen molar-refractivity contribution in [2.75, 3.05) is 18.5 Å². The number of alkyl carbamates (subject to hydrolysis) is 1. The number of benzene rings is 5. The molecule has 3 atom stereocenters. The van der Waals surface area contributed by atoms with Crippen LogP contribution in [0.2, 0.25) is 0 Å². The summed E-state index contributed by atoms with van der Waals surface area (Å²) in [5.74, 6) is -2.68. The van der Waals surface area contributed by atoms with Crippen molar-refractivity contribution >= 4 is 48.3 Å². The third-order valence-corrected chi connectivity index (χ3v) is 12.7. The lowest BCUT2D eigenvalue weighted by Crippen LogP contribution is -2.46. The molecule has 1 aliphatic rings. The highest BCUT2D eigenvalue weighted by molar-refractivity contribution is 7.78. The van der Waals surface area contributed by atoms with Gasteiger partial charge in [0.05, 0.1) is 18.6 Å². The summed E-state index contributed by atoms with van der Waals surface area (Å²) in [5, 5.41) is 17.1. The maximum absolute atomic E-state index is 14.7. The van der Waals surface area contributed by atoms with Crippen LogP contribution in [0.5, 0.6) is 0 Å². The number of aliphatic hydroxyl groups excluding tert-OH is 1. The van der Waals surface area contributed by atoms with Crippen molar-refractivity contribution in [3.05, 3.63) is 174 Å². The lowest BCUT2D eigenvalue weighted by Gasteiger charge is -2.39. The second kappa shape index (κ2) is 23.5. The van der Waals surface area contributed by atoms with Gasteiger partial charge in [-0.2, -0.15) is 0 Å². The number of ether oxygens (including phenoxy) is 3. The predicted molar refractivity (Wildman–Crippen MR) is 270 cm³/mol. The zero-order chi connectivity index (χ0) is 49.7. The summed E-state index contributed by atoms with van der Waals surface area (Å²) in [5.41, 5.74) is 5.04. The number of anilines is 1. The minimum absolute atomic E-state index is 0.00771. The molecule has 13 heteroatoms. The van der Waals surface area contributed by atoms with Gasteiger partial charge in [0, 0.05) is 29.9 Å². The Hall–Kier alpha value is -6.70. The molecule has 3 N–H and O–H groups in total. The molecule has 0 saturated heterocycles. The molecule has 0 aliphatic heterocycles. The number of nitrogens with one attached hydrogen (secondary N) is 2.